The van der Waals surface area contributed by atoms with Crippen LogP contribution >= 0.6 is 11.8 Å². The summed E-state index contributed by atoms with van der Waals surface area (Å²) in [7, 11) is 1.90. The maximum absolute atomic E-state index is 4.21. The van der Waals surface area contributed by atoms with Gasteiger partial charge in [-0.3, -0.25) is 0 Å². The first-order valence-corrected chi connectivity index (χ1v) is 5.73. The van der Waals surface area contributed by atoms with Crippen LogP contribution in [-0.2, 0) is 0 Å². The van der Waals surface area contributed by atoms with Crippen molar-refractivity contribution in [2.45, 2.75) is 19.9 Å². The van der Waals surface area contributed by atoms with Crippen molar-refractivity contribution in [1.29, 1.82) is 0 Å². The van der Waals surface area contributed by atoms with Crippen molar-refractivity contribution in [3.05, 3.63) is 12.4 Å². The van der Waals surface area contributed by atoms with E-state index in [4.69, 9.17) is 0 Å². The predicted octanol–water partition coefficient (Wildman–Crippen LogP) is 2.24. The highest BCUT2D eigenvalue weighted by atomic mass is 32.2. The Morgan fingerprint density at radius 2 is 2.46 bits per heavy atom. The van der Waals surface area contributed by atoms with Crippen LogP contribution < -0.4 is 5.32 Å². The van der Waals surface area contributed by atoms with E-state index in [0.29, 0.717) is 6.04 Å². The third-order valence-electron chi connectivity index (χ3n) is 1.93. The van der Waals surface area contributed by atoms with E-state index in [1.807, 2.05) is 31.2 Å². The molecule has 0 fully saturated rings. The van der Waals surface area contributed by atoms with Gasteiger partial charge in [-0.05, 0) is 12.7 Å². The van der Waals surface area contributed by atoms with Crippen LogP contribution in [0.2, 0.25) is 0 Å². The Labute approximate surface area is 83.9 Å². The minimum absolute atomic E-state index is 0.509. The highest BCUT2D eigenvalue weighted by Gasteiger charge is 2.07. The molecule has 0 amide bonds. The average Bonchev–Trinajstić information content (AvgIpc) is 2.61. The summed E-state index contributed by atoms with van der Waals surface area (Å²) in [6.45, 7) is 4.40. The topological polar surface area (TPSA) is 29.9 Å². The third kappa shape index (κ3) is 2.66. The summed E-state index contributed by atoms with van der Waals surface area (Å²) in [6, 6.07) is 0.509. The van der Waals surface area contributed by atoms with Crippen LogP contribution in [0.3, 0.4) is 0 Å². The maximum atomic E-state index is 4.21. The van der Waals surface area contributed by atoms with Crippen molar-refractivity contribution in [3.8, 4) is 0 Å². The lowest BCUT2D eigenvalue weighted by molar-refractivity contribution is 0.616. The first-order chi connectivity index (χ1) is 6.29. The van der Waals surface area contributed by atoms with Crippen molar-refractivity contribution in [2.75, 3.05) is 23.9 Å². The van der Waals surface area contributed by atoms with Crippen LogP contribution in [0.15, 0.2) is 12.4 Å². The van der Waals surface area contributed by atoms with Gasteiger partial charge in [-0.2, -0.15) is 11.8 Å². The van der Waals surface area contributed by atoms with Gasteiger partial charge in [-0.15, -0.1) is 0 Å². The quantitative estimate of drug-likeness (QED) is 0.788. The van der Waals surface area contributed by atoms with E-state index < -0.39 is 0 Å². The van der Waals surface area contributed by atoms with Crippen LogP contribution in [0, 0.1) is 0 Å². The number of nitrogens with zero attached hydrogens (tertiary/aromatic N) is 2. The number of anilines is 1. The van der Waals surface area contributed by atoms with Crippen LogP contribution in [0.4, 0.5) is 5.95 Å². The first kappa shape index (κ1) is 10.4. The second-order valence-corrected chi connectivity index (χ2v) is 4.24. The van der Waals surface area contributed by atoms with Crippen LogP contribution in [0.1, 0.15) is 19.9 Å². The summed E-state index contributed by atoms with van der Waals surface area (Å²) in [5.41, 5.74) is 0. The molecule has 0 spiro atoms. The molecule has 1 N–H and O–H groups in total. The summed E-state index contributed by atoms with van der Waals surface area (Å²) in [6.07, 6.45) is 3.85. The second-order valence-electron chi connectivity index (χ2n) is 2.92. The monoisotopic (exact) mass is 199 g/mol. The van der Waals surface area contributed by atoms with Gasteiger partial charge in [0.05, 0.1) is 0 Å². The van der Waals surface area contributed by atoms with Gasteiger partial charge in [-0.1, -0.05) is 6.92 Å². The van der Waals surface area contributed by atoms with Gasteiger partial charge in [0.15, 0.2) is 0 Å². The highest BCUT2D eigenvalue weighted by Crippen LogP contribution is 2.17. The smallest absolute Gasteiger partial charge is 0.202 e. The average molecular weight is 199 g/mol. The van der Waals surface area contributed by atoms with Crippen LogP contribution in [-0.4, -0.2) is 28.1 Å². The summed E-state index contributed by atoms with van der Waals surface area (Å²) in [5, 5.41) is 3.08. The summed E-state index contributed by atoms with van der Waals surface area (Å²) < 4.78 is 2.17. The lowest BCUT2D eigenvalue weighted by Gasteiger charge is -2.14. The highest BCUT2D eigenvalue weighted by molar-refractivity contribution is 7.99. The third-order valence-corrected chi connectivity index (χ3v) is 3.06. The maximum Gasteiger partial charge on any atom is 0.202 e. The molecule has 1 aromatic rings. The second kappa shape index (κ2) is 5.17. The van der Waals surface area contributed by atoms with E-state index in [0.717, 1.165) is 11.7 Å². The van der Waals surface area contributed by atoms with Gasteiger partial charge in [-0.25, -0.2) is 4.98 Å². The molecule has 0 aliphatic rings. The van der Waals surface area contributed by atoms with Gasteiger partial charge in [0.1, 0.15) is 0 Å². The Hall–Kier alpha value is -0.640. The Kier molecular flexibility index (Phi) is 4.15. The molecule has 1 heterocycles. The fourth-order valence-electron chi connectivity index (χ4n) is 1.23. The number of hydrogen-bond donors (Lipinski definition) is 1. The summed E-state index contributed by atoms with van der Waals surface area (Å²) in [5.74, 6) is 3.26. The van der Waals surface area contributed by atoms with Crippen molar-refractivity contribution in [1.82, 2.24) is 9.55 Å². The SMILES string of the molecule is CCSCC(C)n1ccnc1NC. The molecule has 1 atom stereocenters. The van der Waals surface area contributed by atoms with E-state index in [-0.39, 0.29) is 0 Å². The minimum atomic E-state index is 0.509. The molecule has 0 radical (unpaired) electrons. The fraction of sp³-hybridized carbons (Fsp3) is 0.667. The van der Waals surface area contributed by atoms with Gasteiger partial charge >= 0.3 is 0 Å². The zero-order valence-corrected chi connectivity index (χ0v) is 9.27. The Bertz CT molecular complexity index is 247. The van der Waals surface area contributed by atoms with Crippen molar-refractivity contribution < 1.29 is 0 Å². The molecule has 4 heteroatoms. The van der Waals surface area contributed by atoms with Gasteiger partial charge in [0, 0.05) is 31.2 Å². The molecule has 1 unspecified atom stereocenters. The predicted molar refractivity (Wildman–Crippen MR) is 59.5 cm³/mol. The van der Waals surface area contributed by atoms with Gasteiger partial charge in [0.2, 0.25) is 5.95 Å². The lowest BCUT2D eigenvalue weighted by atomic mass is 10.4. The van der Waals surface area contributed by atoms with E-state index >= 15 is 0 Å². The fourth-order valence-corrected chi connectivity index (χ4v) is 1.97. The number of imidazole rings is 1. The molecular weight excluding hydrogens is 182 g/mol. The molecule has 0 aliphatic heterocycles. The molecule has 74 valence electrons. The number of nitrogens with one attached hydrogen (secondary N) is 1. The van der Waals surface area contributed by atoms with E-state index in [2.05, 4.69) is 28.7 Å². The van der Waals surface area contributed by atoms with Crippen molar-refractivity contribution in [2.24, 2.45) is 0 Å². The zero-order chi connectivity index (χ0) is 9.68. The summed E-state index contributed by atoms with van der Waals surface area (Å²) >= 11 is 1.96. The van der Waals surface area contributed by atoms with Gasteiger partial charge < -0.3 is 9.88 Å². The van der Waals surface area contributed by atoms with Crippen molar-refractivity contribution >= 4 is 17.7 Å². The standard InChI is InChI=1S/C9H17N3S/c1-4-13-7-8(2)12-6-5-11-9(12)10-3/h5-6,8H,4,7H2,1-3H3,(H,10,11). The molecule has 0 aromatic carbocycles. The number of hydrogen-bond acceptors (Lipinski definition) is 3. The molecule has 0 bridgehead atoms. The number of aromatic nitrogens is 2. The molecule has 13 heavy (non-hydrogen) atoms. The molecule has 1 rings (SSSR count). The lowest BCUT2D eigenvalue weighted by Crippen LogP contribution is -2.10. The molecular formula is C9H17N3S. The zero-order valence-electron chi connectivity index (χ0n) is 8.45. The molecule has 0 saturated heterocycles. The van der Waals surface area contributed by atoms with Gasteiger partial charge in [0.25, 0.3) is 0 Å². The Balaban J connectivity index is 2.59. The summed E-state index contributed by atoms with van der Waals surface area (Å²) in [4.78, 5) is 4.21. The molecule has 0 saturated carbocycles. The van der Waals surface area contributed by atoms with Crippen LogP contribution in [0.5, 0.6) is 0 Å². The number of thioether (sulfide) groups is 1. The van der Waals surface area contributed by atoms with Crippen molar-refractivity contribution in [3.63, 3.8) is 0 Å². The molecule has 3 nitrogen and oxygen atoms in total. The Morgan fingerprint density at radius 3 is 3.08 bits per heavy atom. The minimum Gasteiger partial charge on any atom is -0.359 e. The molecule has 1 aromatic heterocycles. The van der Waals surface area contributed by atoms with E-state index in [1.54, 1.807) is 0 Å². The van der Waals surface area contributed by atoms with E-state index in [1.165, 1.54) is 5.75 Å². The number of rotatable bonds is 5. The first-order valence-electron chi connectivity index (χ1n) is 4.58. The van der Waals surface area contributed by atoms with Crippen LogP contribution in [0.25, 0.3) is 0 Å². The molecule has 0 aliphatic carbocycles. The normalized spacial score (nSPS) is 12.8. The largest absolute Gasteiger partial charge is 0.359 e. The Morgan fingerprint density at radius 1 is 1.69 bits per heavy atom. The van der Waals surface area contributed by atoms with E-state index in [9.17, 15) is 0 Å².